The lowest BCUT2D eigenvalue weighted by molar-refractivity contribution is 0.190. The molecule has 0 aromatic rings. The highest BCUT2D eigenvalue weighted by Crippen LogP contribution is 2.03. The first-order valence-electron chi connectivity index (χ1n) is 4.00. The van der Waals surface area contributed by atoms with E-state index in [2.05, 4.69) is 11.6 Å². The molecule has 11 heavy (non-hydrogen) atoms. The Hall–Kier alpha value is 0.270. The second-order valence-electron chi connectivity index (χ2n) is 2.58. The molecule has 1 atom stereocenters. The molecule has 0 aliphatic heterocycles. The van der Waals surface area contributed by atoms with Crippen molar-refractivity contribution in [2.75, 3.05) is 32.8 Å². The standard InChI is InChI=1S/C8H19NOS/c1-9-8(7-11-3)5-4-6-10-2/h8-9H,4-7H2,1-3H3. The van der Waals surface area contributed by atoms with Gasteiger partial charge in [0.15, 0.2) is 0 Å². The summed E-state index contributed by atoms with van der Waals surface area (Å²) in [4.78, 5) is 0. The van der Waals surface area contributed by atoms with Crippen molar-refractivity contribution in [2.45, 2.75) is 18.9 Å². The van der Waals surface area contributed by atoms with Crippen LogP contribution in [0.25, 0.3) is 0 Å². The second kappa shape index (κ2) is 8.37. The van der Waals surface area contributed by atoms with Gasteiger partial charge in [-0.1, -0.05) is 0 Å². The van der Waals surface area contributed by atoms with E-state index < -0.39 is 0 Å². The van der Waals surface area contributed by atoms with Crippen molar-refractivity contribution in [3.05, 3.63) is 0 Å². The Bertz CT molecular complexity index is 80.5. The highest BCUT2D eigenvalue weighted by molar-refractivity contribution is 7.98. The Kier molecular flexibility index (Phi) is 8.57. The Balaban J connectivity index is 3.20. The molecule has 0 radical (unpaired) electrons. The summed E-state index contributed by atoms with van der Waals surface area (Å²) in [6.07, 6.45) is 4.51. The normalized spacial score (nSPS) is 13.4. The van der Waals surface area contributed by atoms with Crippen molar-refractivity contribution in [1.82, 2.24) is 5.32 Å². The molecular weight excluding hydrogens is 158 g/mol. The molecule has 0 spiro atoms. The maximum atomic E-state index is 4.98. The van der Waals surface area contributed by atoms with Gasteiger partial charge in [0.25, 0.3) is 0 Å². The van der Waals surface area contributed by atoms with Gasteiger partial charge in [-0.2, -0.15) is 11.8 Å². The second-order valence-corrected chi connectivity index (χ2v) is 3.49. The molecule has 0 aliphatic carbocycles. The third kappa shape index (κ3) is 6.66. The molecule has 0 aromatic heterocycles. The van der Waals surface area contributed by atoms with Crippen LogP contribution in [0.15, 0.2) is 0 Å². The molecule has 1 N–H and O–H groups in total. The zero-order chi connectivity index (χ0) is 8.53. The number of ether oxygens (including phenoxy) is 1. The number of hydrogen-bond acceptors (Lipinski definition) is 3. The quantitative estimate of drug-likeness (QED) is 0.593. The largest absolute Gasteiger partial charge is 0.385 e. The summed E-state index contributed by atoms with van der Waals surface area (Å²) in [6.45, 7) is 0.882. The summed E-state index contributed by atoms with van der Waals surface area (Å²) < 4.78 is 4.98. The van der Waals surface area contributed by atoms with E-state index in [1.165, 1.54) is 12.2 Å². The fourth-order valence-corrected chi connectivity index (χ4v) is 1.72. The average Bonchev–Trinajstić information content (AvgIpc) is 2.03. The Morgan fingerprint density at radius 1 is 1.55 bits per heavy atom. The van der Waals surface area contributed by atoms with Gasteiger partial charge in [0.05, 0.1) is 0 Å². The maximum absolute atomic E-state index is 4.98. The summed E-state index contributed by atoms with van der Waals surface area (Å²) in [5.74, 6) is 1.19. The van der Waals surface area contributed by atoms with E-state index in [0.29, 0.717) is 6.04 Å². The van der Waals surface area contributed by atoms with Gasteiger partial charge in [0.1, 0.15) is 0 Å². The lowest BCUT2D eigenvalue weighted by Crippen LogP contribution is -2.27. The van der Waals surface area contributed by atoms with Gasteiger partial charge < -0.3 is 10.1 Å². The summed E-state index contributed by atoms with van der Waals surface area (Å²) in [7, 11) is 3.77. The van der Waals surface area contributed by atoms with Crippen LogP contribution in [0.3, 0.4) is 0 Å². The molecule has 2 nitrogen and oxygen atoms in total. The van der Waals surface area contributed by atoms with Crippen LogP contribution < -0.4 is 5.32 Å². The Morgan fingerprint density at radius 3 is 2.73 bits per heavy atom. The molecule has 0 heterocycles. The molecule has 0 bridgehead atoms. The highest BCUT2D eigenvalue weighted by atomic mass is 32.2. The van der Waals surface area contributed by atoms with E-state index in [9.17, 15) is 0 Å². The SMILES string of the molecule is CNC(CCCOC)CSC. The van der Waals surface area contributed by atoms with Gasteiger partial charge in [-0.25, -0.2) is 0 Å². The first-order chi connectivity index (χ1) is 5.35. The van der Waals surface area contributed by atoms with Gasteiger partial charge in [-0.15, -0.1) is 0 Å². The van der Waals surface area contributed by atoms with Crippen LogP contribution >= 0.6 is 11.8 Å². The van der Waals surface area contributed by atoms with Gasteiger partial charge in [-0.05, 0) is 26.1 Å². The zero-order valence-corrected chi connectivity index (χ0v) is 8.54. The molecule has 0 aromatic carbocycles. The third-order valence-electron chi connectivity index (χ3n) is 1.68. The molecule has 0 amide bonds. The lowest BCUT2D eigenvalue weighted by atomic mass is 10.2. The predicted octanol–water partition coefficient (Wildman–Crippen LogP) is 1.36. The van der Waals surface area contributed by atoms with Gasteiger partial charge in [0, 0.05) is 25.5 Å². The van der Waals surface area contributed by atoms with Crippen molar-refractivity contribution in [1.29, 1.82) is 0 Å². The van der Waals surface area contributed by atoms with E-state index >= 15 is 0 Å². The maximum Gasteiger partial charge on any atom is 0.0462 e. The van der Waals surface area contributed by atoms with Crippen LogP contribution in [0.2, 0.25) is 0 Å². The third-order valence-corrected chi connectivity index (χ3v) is 2.41. The first kappa shape index (κ1) is 11.3. The van der Waals surface area contributed by atoms with Crippen molar-refractivity contribution >= 4 is 11.8 Å². The van der Waals surface area contributed by atoms with Crippen molar-refractivity contribution in [2.24, 2.45) is 0 Å². The summed E-state index contributed by atoms with van der Waals surface area (Å²) in [6, 6.07) is 0.653. The fraction of sp³-hybridized carbons (Fsp3) is 1.00. The molecule has 0 saturated carbocycles. The molecule has 0 fully saturated rings. The van der Waals surface area contributed by atoms with Crippen molar-refractivity contribution in [3.8, 4) is 0 Å². The van der Waals surface area contributed by atoms with Crippen molar-refractivity contribution in [3.63, 3.8) is 0 Å². The minimum absolute atomic E-state index is 0.653. The van der Waals surface area contributed by atoms with E-state index in [0.717, 1.165) is 13.0 Å². The monoisotopic (exact) mass is 177 g/mol. The molecule has 0 rings (SSSR count). The van der Waals surface area contributed by atoms with Crippen LogP contribution in [0.1, 0.15) is 12.8 Å². The summed E-state index contributed by atoms with van der Waals surface area (Å²) in [5.41, 5.74) is 0. The van der Waals surface area contributed by atoms with Crippen LogP contribution in [-0.2, 0) is 4.74 Å². The van der Waals surface area contributed by atoms with Gasteiger partial charge in [-0.3, -0.25) is 0 Å². The van der Waals surface area contributed by atoms with Gasteiger partial charge in [0.2, 0.25) is 0 Å². The minimum Gasteiger partial charge on any atom is -0.385 e. The predicted molar refractivity (Wildman–Crippen MR) is 52.3 cm³/mol. The zero-order valence-electron chi connectivity index (χ0n) is 7.72. The average molecular weight is 177 g/mol. The van der Waals surface area contributed by atoms with E-state index in [4.69, 9.17) is 4.74 Å². The molecule has 0 saturated heterocycles. The number of thioether (sulfide) groups is 1. The fourth-order valence-electron chi connectivity index (χ4n) is 0.986. The van der Waals surface area contributed by atoms with Gasteiger partial charge >= 0.3 is 0 Å². The Labute approximate surface area is 74.1 Å². The molecule has 3 heteroatoms. The van der Waals surface area contributed by atoms with Crippen LogP contribution in [-0.4, -0.2) is 38.8 Å². The molecule has 0 aliphatic rings. The van der Waals surface area contributed by atoms with E-state index in [1.807, 2.05) is 18.8 Å². The minimum atomic E-state index is 0.653. The molecule has 1 unspecified atom stereocenters. The van der Waals surface area contributed by atoms with E-state index in [1.54, 1.807) is 7.11 Å². The molecular formula is C8H19NOS. The lowest BCUT2D eigenvalue weighted by Gasteiger charge is -2.13. The summed E-state index contributed by atoms with van der Waals surface area (Å²) >= 11 is 1.89. The van der Waals surface area contributed by atoms with E-state index in [-0.39, 0.29) is 0 Å². The number of methoxy groups -OCH3 is 1. The van der Waals surface area contributed by atoms with Crippen LogP contribution in [0.5, 0.6) is 0 Å². The number of nitrogens with one attached hydrogen (secondary N) is 1. The molecule has 68 valence electrons. The topological polar surface area (TPSA) is 21.3 Å². The number of rotatable bonds is 7. The first-order valence-corrected chi connectivity index (χ1v) is 5.39. The van der Waals surface area contributed by atoms with Crippen molar-refractivity contribution < 1.29 is 4.74 Å². The summed E-state index contributed by atoms with van der Waals surface area (Å²) in [5, 5.41) is 3.29. The number of hydrogen-bond donors (Lipinski definition) is 1. The highest BCUT2D eigenvalue weighted by Gasteiger charge is 2.03. The smallest absolute Gasteiger partial charge is 0.0462 e. The van der Waals surface area contributed by atoms with Crippen LogP contribution in [0, 0.1) is 0 Å². The Morgan fingerprint density at radius 2 is 2.27 bits per heavy atom. The van der Waals surface area contributed by atoms with Crippen LogP contribution in [0.4, 0.5) is 0 Å².